The highest BCUT2D eigenvalue weighted by molar-refractivity contribution is 7.89. The highest BCUT2D eigenvalue weighted by atomic mass is 32.2. The van der Waals surface area contributed by atoms with Gasteiger partial charge in [0.1, 0.15) is 11.3 Å². The van der Waals surface area contributed by atoms with Crippen molar-refractivity contribution in [2.75, 3.05) is 18.4 Å². The molecule has 1 fully saturated rings. The molecule has 0 unspecified atom stereocenters. The molecule has 2 aromatic rings. The summed E-state index contributed by atoms with van der Waals surface area (Å²) in [6, 6.07) is 6.26. The van der Waals surface area contributed by atoms with Gasteiger partial charge in [0.05, 0.1) is 10.6 Å². The van der Waals surface area contributed by atoms with Crippen LogP contribution in [0.2, 0.25) is 0 Å². The third-order valence-corrected chi connectivity index (χ3v) is 6.49. The Kier molecular flexibility index (Phi) is 5.43. The number of carbonyl (C=O) groups is 1. The third kappa shape index (κ3) is 3.81. The van der Waals surface area contributed by atoms with Gasteiger partial charge in [0.25, 0.3) is 5.91 Å². The summed E-state index contributed by atoms with van der Waals surface area (Å²) in [6.07, 6.45) is 3.92. The van der Waals surface area contributed by atoms with Gasteiger partial charge in [-0.05, 0) is 51.0 Å². The molecule has 8 heteroatoms. The van der Waals surface area contributed by atoms with Crippen LogP contribution in [0, 0.1) is 13.8 Å². The Labute approximate surface area is 153 Å². The van der Waals surface area contributed by atoms with Crippen molar-refractivity contribution in [3.05, 3.63) is 41.3 Å². The van der Waals surface area contributed by atoms with Crippen LogP contribution >= 0.6 is 0 Å². The summed E-state index contributed by atoms with van der Waals surface area (Å²) >= 11 is 0. The van der Waals surface area contributed by atoms with Gasteiger partial charge in [-0.2, -0.15) is 4.31 Å². The number of benzene rings is 1. The van der Waals surface area contributed by atoms with E-state index < -0.39 is 10.0 Å². The molecule has 140 valence electrons. The summed E-state index contributed by atoms with van der Waals surface area (Å²) in [6.45, 7) is 4.49. The van der Waals surface area contributed by atoms with E-state index in [4.69, 9.17) is 4.52 Å². The number of carbonyl (C=O) groups excluding carboxylic acids is 1. The lowest BCUT2D eigenvalue weighted by atomic mass is 10.2. The summed E-state index contributed by atoms with van der Waals surface area (Å²) in [5, 5.41) is 6.51. The highest BCUT2D eigenvalue weighted by Crippen LogP contribution is 2.22. The fourth-order valence-electron chi connectivity index (χ4n) is 3.14. The number of sulfonamides is 1. The Morgan fingerprint density at radius 3 is 2.23 bits per heavy atom. The lowest BCUT2D eigenvalue weighted by Gasteiger charge is -2.20. The number of rotatable bonds is 4. The van der Waals surface area contributed by atoms with Gasteiger partial charge in [0.15, 0.2) is 0 Å². The maximum atomic E-state index is 12.8. The SMILES string of the molecule is Cc1noc(C)c1C(=O)Nc1ccc(S(=O)(=O)N2CCCCCC2)cc1. The van der Waals surface area contributed by atoms with Gasteiger partial charge in [-0.25, -0.2) is 8.42 Å². The Bertz CT molecular complexity index is 860. The van der Waals surface area contributed by atoms with Gasteiger partial charge in [0, 0.05) is 18.8 Å². The van der Waals surface area contributed by atoms with Crippen LogP contribution < -0.4 is 5.32 Å². The fourth-order valence-corrected chi connectivity index (χ4v) is 4.66. The minimum Gasteiger partial charge on any atom is -0.361 e. The number of nitrogens with zero attached hydrogens (tertiary/aromatic N) is 2. The van der Waals surface area contributed by atoms with Crippen LogP contribution in [0.15, 0.2) is 33.7 Å². The van der Waals surface area contributed by atoms with Crippen molar-refractivity contribution in [2.24, 2.45) is 0 Å². The number of nitrogens with one attached hydrogen (secondary N) is 1. The van der Waals surface area contributed by atoms with Gasteiger partial charge < -0.3 is 9.84 Å². The van der Waals surface area contributed by atoms with E-state index in [0.29, 0.717) is 35.8 Å². The Balaban J connectivity index is 1.75. The topological polar surface area (TPSA) is 92.5 Å². The molecule has 0 saturated carbocycles. The van der Waals surface area contributed by atoms with E-state index in [2.05, 4.69) is 10.5 Å². The van der Waals surface area contributed by atoms with Gasteiger partial charge in [-0.1, -0.05) is 18.0 Å². The standard InChI is InChI=1S/C18H23N3O4S/c1-13-17(14(2)25-20-13)18(22)19-15-7-9-16(10-8-15)26(23,24)21-11-5-3-4-6-12-21/h7-10H,3-6,11-12H2,1-2H3,(H,19,22). The second-order valence-corrected chi connectivity index (χ2v) is 8.43. The zero-order valence-electron chi connectivity index (χ0n) is 15.0. The van der Waals surface area contributed by atoms with Crippen LogP contribution in [0.4, 0.5) is 5.69 Å². The number of anilines is 1. The van der Waals surface area contributed by atoms with E-state index >= 15 is 0 Å². The predicted octanol–water partition coefficient (Wildman–Crippen LogP) is 3.11. The van der Waals surface area contributed by atoms with Gasteiger partial charge in [0.2, 0.25) is 10.0 Å². The molecule has 0 aliphatic carbocycles. The third-order valence-electron chi connectivity index (χ3n) is 4.58. The highest BCUT2D eigenvalue weighted by Gasteiger charge is 2.25. The second kappa shape index (κ2) is 7.59. The summed E-state index contributed by atoms with van der Waals surface area (Å²) in [5.41, 5.74) is 1.43. The minimum atomic E-state index is -3.49. The normalized spacial score (nSPS) is 16.2. The van der Waals surface area contributed by atoms with E-state index in [0.717, 1.165) is 25.7 Å². The zero-order chi connectivity index (χ0) is 18.7. The largest absolute Gasteiger partial charge is 0.361 e. The van der Waals surface area contributed by atoms with Crippen molar-refractivity contribution < 1.29 is 17.7 Å². The molecule has 1 N–H and O–H groups in total. The van der Waals surface area contributed by atoms with E-state index in [1.807, 2.05) is 0 Å². The molecule has 7 nitrogen and oxygen atoms in total. The molecule has 0 spiro atoms. The summed E-state index contributed by atoms with van der Waals surface area (Å²) < 4.78 is 32.1. The van der Waals surface area contributed by atoms with Crippen molar-refractivity contribution in [3.63, 3.8) is 0 Å². The lowest BCUT2D eigenvalue weighted by Crippen LogP contribution is -2.31. The first-order chi connectivity index (χ1) is 12.4. The molecule has 26 heavy (non-hydrogen) atoms. The molecular formula is C18H23N3O4S. The predicted molar refractivity (Wildman–Crippen MR) is 97.6 cm³/mol. The molecule has 1 aliphatic heterocycles. The van der Waals surface area contributed by atoms with Crippen LogP contribution in [-0.2, 0) is 10.0 Å². The average molecular weight is 377 g/mol. The molecule has 0 radical (unpaired) electrons. The number of aromatic nitrogens is 1. The van der Waals surface area contributed by atoms with Gasteiger partial charge in [-0.3, -0.25) is 4.79 Å². The van der Waals surface area contributed by atoms with Crippen molar-refractivity contribution >= 4 is 21.6 Å². The first-order valence-electron chi connectivity index (χ1n) is 8.74. The van der Waals surface area contributed by atoms with E-state index in [1.165, 1.54) is 12.1 Å². The Morgan fingerprint density at radius 1 is 1.08 bits per heavy atom. The summed E-state index contributed by atoms with van der Waals surface area (Å²) in [5.74, 6) is 0.115. The molecule has 1 amide bonds. The quantitative estimate of drug-likeness (QED) is 0.884. The average Bonchev–Trinajstić information content (AvgIpc) is 2.81. The number of aryl methyl sites for hydroxylation is 2. The maximum absolute atomic E-state index is 12.8. The van der Waals surface area contributed by atoms with Crippen molar-refractivity contribution in [1.82, 2.24) is 9.46 Å². The number of hydrogen-bond acceptors (Lipinski definition) is 5. The molecule has 3 rings (SSSR count). The molecule has 1 aromatic carbocycles. The molecular weight excluding hydrogens is 354 g/mol. The Hall–Kier alpha value is -2.19. The molecule has 2 heterocycles. The van der Waals surface area contributed by atoms with Crippen LogP contribution in [0.3, 0.4) is 0 Å². The van der Waals surface area contributed by atoms with Gasteiger partial charge in [-0.15, -0.1) is 0 Å². The van der Waals surface area contributed by atoms with Crippen LogP contribution in [0.25, 0.3) is 0 Å². The lowest BCUT2D eigenvalue weighted by molar-refractivity contribution is 0.102. The zero-order valence-corrected chi connectivity index (χ0v) is 15.8. The van der Waals surface area contributed by atoms with Crippen LogP contribution in [0.5, 0.6) is 0 Å². The molecule has 0 bridgehead atoms. The van der Waals surface area contributed by atoms with Crippen LogP contribution in [-0.4, -0.2) is 36.9 Å². The summed E-state index contributed by atoms with van der Waals surface area (Å²) in [7, 11) is -3.49. The Morgan fingerprint density at radius 2 is 1.69 bits per heavy atom. The summed E-state index contributed by atoms with van der Waals surface area (Å²) in [4.78, 5) is 12.6. The number of amides is 1. The first-order valence-corrected chi connectivity index (χ1v) is 10.2. The second-order valence-electron chi connectivity index (χ2n) is 6.50. The van der Waals surface area contributed by atoms with Crippen molar-refractivity contribution in [2.45, 2.75) is 44.4 Å². The monoisotopic (exact) mass is 377 g/mol. The molecule has 1 aliphatic rings. The fraction of sp³-hybridized carbons (Fsp3) is 0.444. The van der Waals surface area contributed by atoms with Gasteiger partial charge >= 0.3 is 0 Å². The van der Waals surface area contributed by atoms with E-state index in [1.54, 1.807) is 30.3 Å². The molecule has 1 saturated heterocycles. The van der Waals surface area contributed by atoms with E-state index in [9.17, 15) is 13.2 Å². The smallest absolute Gasteiger partial charge is 0.261 e. The molecule has 0 atom stereocenters. The van der Waals surface area contributed by atoms with E-state index in [-0.39, 0.29) is 10.8 Å². The first kappa shape index (κ1) is 18.6. The number of hydrogen-bond donors (Lipinski definition) is 1. The minimum absolute atomic E-state index is 0.245. The van der Waals surface area contributed by atoms with Crippen LogP contribution in [0.1, 0.15) is 47.5 Å². The maximum Gasteiger partial charge on any atom is 0.261 e. The molecule has 1 aromatic heterocycles. The van der Waals surface area contributed by atoms with Crippen molar-refractivity contribution in [3.8, 4) is 0 Å². The van der Waals surface area contributed by atoms with Crippen molar-refractivity contribution in [1.29, 1.82) is 0 Å².